The van der Waals surface area contributed by atoms with Crippen LogP contribution in [-0.4, -0.2) is 63.3 Å². The molecular weight excluding hydrogens is 821 g/mol. The molecule has 0 aliphatic carbocycles. The molecule has 0 fully saturated rings. The van der Waals surface area contributed by atoms with Crippen molar-refractivity contribution in [1.82, 2.24) is 16.3 Å². The monoisotopic (exact) mass is 856 g/mol. The van der Waals surface area contributed by atoms with E-state index in [1.807, 2.05) is 40.5 Å². The lowest BCUT2D eigenvalue weighted by atomic mass is 10.1. The number of nitrogens with zero attached hydrogens (tertiary/aromatic N) is 4. The van der Waals surface area contributed by atoms with Gasteiger partial charge in [0, 0.05) is 42.7 Å². The zero-order valence-electron chi connectivity index (χ0n) is 32.2. The molecule has 0 spiro atoms. The molecule has 6 aromatic rings. The maximum Gasteiger partial charge on any atom is 0.328 e. The first kappa shape index (κ1) is 45.8. The van der Waals surface area contributed by atoms with Crippen molar-refractivity contribution >= 4 is 89.3 Å². The number of nitriles is 2. The summed E-state index contributed by atoms with van der Waals surface area (Å²) in [7, 11) is 0. The molecule has 17 nitrogen and oxygen atoms in total. The quantitative estimate of drug-likeness (QED) is 0.0342. The molecule has 61 heavy (non-hydrogen) atoms. The van der Waals surface area contributed by atoms with Crippen LogP contribution in [0.4, 0.5) is 22.7 Å². The molecule has 0 saturated carbocycles. The summed E-state index contributed by atoms with van der Waals surface area (Å²) in [6, 6.07) is 24.2. The Hall–Kier alpha value is -7.88. The minimum absolute atomic E-state index is 0.269. The number of rotatable bonds is 10. The van der Waals surface area contributed by atoms with Gasteiger partial charge in [-0.1, -0.05) is 12.1 Å². The molecule has 0 saturated heterocycles. The van der Waals surface area contributed by atoms with Crippen LogP contribution in [0.2, 0.25) is 0 Å². The highest BCUT2D eigenvalue weighted by Gasteiger charge is 2.26. The number of hydrogen-bond donors (Lipinski definition) is 9. The third kappa shape index (κ3) is 11.8. The first-order valence-corrected chi connectivity index (χ1v) is 19.5. The van der Waals surface area contributed by atoms with E-state index in [-0.39, 0.29) is 11.5 Å². The molecule has 2 aromatic heterocycles. The SMILES string of the molecule is N#Cc1ccc(C(=O)NN)cc1.[C-]#[N+]c1ccc(NC(C(=O)O)[C@H](C)O)c2ccsc12.[C-]#[N+]c1ccc(N[C@@H](C(=O)NNC(=O)c2ccc(C#N)cc2)[C@H](C)O)c2ccsc12. The van der Waals surface area contributed by atoms with Crippen molar-refractivity contribution in [2.75, 3.05) is 10.6 Å². The van der Waals surface area contributed by atoms with Gasteiger partial charge in [-0.2, -0.15) is 33.2 Å². The second kappa shape index (κ2) is 21.8. The van der Waals surface area contributed by atoms with Crippen molar-refractivity contribution < 1.29 is 34.5 Å². The molecular formula is C42H36N10O7S2. The third-order valence-corrected chi connectivity index (χ3v) is 10.4. The molecule has 3 amide bonds. The number of thiophene rings is 2. The summed E-state index contributed by atoms with van der Waals surface area (Å²) >= 11 is 2.85. The van der Waals surface area contributed by atoms with Crippen LogP contribution in [0.25, 0.3) is 29.9 Å². The Kier molecular flexibility index (Phi) is 16.3. The number of nitrogen functional groups attached to an aromatic ring is 1. The van der Waals surface area contributed by atoms with E-state index in [0.717, 1.165) is 20.2 Å². The zero-order valence-corrected chi connectivity index (χ0v) is 33.8. The Morgan fingerprint density at radius 2 is 1.08 bits per heavy atom. The Labute approximate surface area is 356 Å². The summed E-state index contributed by atoms with van der Waals surface area (Å²) in [4.78, 5) is 53.7. The van der Waals surface area contributed by atoms with Gasteiger partial charge in [0.05, 0.1) is 48.6 Å². The second-order valence-corrected chi connectivity index (χ2v) is 14.5. The molecule has 308 valence electrons. The van der Waals surface area contributed by atoms with Crippen molar-refractivity contribution in [3.63, 3.8) is 0 Å². The van der Waals surface area contributed by atoms with E-state index in [2.05, 4.69) is 31.2 Å². The van der Waals surface area contributed by atoms with Gasteiger partial charge in [-0.05, 0) is 97.4 Å². The molecule has 19 heteroatoms. The average Bonchev–Trinajstić information content (AvgIpc) is 3.98. The molecule has 0 aliphatic heterocycles. The number of aliphatic hydroxyl groups is 2. The van der Waals surface area contributed by atoms with E-state index >= 15 is 0 Å². The maximum atomic E-state index is 12.6. The van der Waals surface area contributed by atoms with Gasteiger partial charge in [0.15, 0.2) is 6.04 Å². The number of carbonyl (C=O) groups excluding carboxylic acids is 3. The van der Waals surface area contributed by atoms with Crippen LogP contribution in [0.1, 0.15) is 45.7 Å². The first-order chi connectivity index (χ1) is 29.3. The van der Waals surface area contributed by atoms with Gasteiger partial charge in [0.1, 0.15) is 6.04 Å². The normalized spacial score (nSPS) is 12.0. The van der Waals surface area contributed by atoms with Crippen molar-refractivity contribution in [1.29, 1.82) is 10.5 Å². The molecule has 1 unspecified atom stereocenters. The Morgan fingerprint density at radius 3 is 1.46 bits per heavy atom. The predicted octanol–water partition coefficient (Wildman–Crippen LogP) is 5.81. The molecule has 10 N–H and O–H groups in total. The van der Waals surface area contributed by atoms with Crippen LogP contribution in [0.5, 0.6) is 0 Å². The number of benzene rings is 4. The standard InChI is InChI=1S/C21H17N5O3S.C13H12N2O3S.C8H7N3O/c1-12(27)18(24-16-7-8-17(23-2)19-15(16)9-10-30-19)21(29)26-25-20(28)14-5-3-13(11-22)4-6-14;1-7(16)11(13(17)18)15-9-3-4-10(14-2)12-8(9)5-6-19-12;9-5-6-1-3-7(4-2-6)8(12)11-10/h3-10,12,18,24,27H,1H3,(H,25,28)(H,26,29);3-7,11,15-16H,1H3,(H,17,18);1-4H,10H2,(H,11,12)/t12-,18+;7-,11?;/m00./s1. The topological polar surface area (TPSA) is 271 Å². The lowest BCUT2D eigenvalue weighted by Crippen LogP contribution is -2.52. The number of fused-ring (bicyclic) bond motifs is 2. The largest absolute Gasteiger partial charge is 0.480 e. The maximum absolute atomic E-state index is 12.6. The number of carboxylic acid groups (broad SMARTS) is 1. The fourth-order valence-corrected chi connectivity index (χ4v) is 7.15. The number of aliphatic hydroxyl groups excluding tert-OH is 2. The van der Waals surface area contributed by atoms with Crippen molar-refractivity contribution in [2.24, 2.45) is 5.84 Å². The van der Waals surface area contributed by atoms with E-state index in [9.17, 15) is 29.4 Å². The summed E-state index contributed by atoms with van der Waals surface area (Å²) in [6.07, 6.45) is -2.09. The molecule has 0 aliphatic rings. The van der Waals surface area contributed by atoms with E-state index in [4.69, 9.17) is 34.6 Å². The molecule has 2 heterocycles. The van der Waals surface area contributed by atoms with Crippen LogP contribution in [-0.2, 0) is 9.59 Å². The number of anilines is 2. The number of carbonyl (C=O) groups is 4. The highest BCUT2D eigenvalue weighted by molar-refractivity contribution is 7.18. The molecule has 4 aromatic carbocycles. The number of aliphatic carboxylic acids is 1. The van der Waals surface area contributed by atoms with Crippen LogP contribution in [0.3, 0.4) is 0 Å². The first-order valence-electron chi connectivity index (χ1n) is 17.8. The summed E-state index contributed by atoms with van der Waals surface area (Å²) in [5, 5.41) is 57.0. The molecule has 6 rings (SSSR count). The van der Waals surface area contributed by atoms with Gasteiger partial charge < -0.3 is 26.0 Å². The number of hydrogen-bond acceptors (Lipinski definition) is 13. The lowest BCUT2D eigenvalue weighted by molar-refractivity contribution is -0.140. The van der Waals surface area contributed by atoms with Crippen molar-refractivity contribution in [3.8, 4) is 12.1 Å². The number of nitrogens with one attached hydrogen (secondary N) is 5. The van der Waals surface area contributed by atoms with E-state index in [0.29, 0.717) is 39.4 Å². The number of hydrazine groups is 2. The van der Waals surface area contributed by atoms with Gasteiger partial charge in [-0.25, -0.2) is 20.3 Å². The van der Waals surface area contributed by atoms with Crippen molar-refractivity contribution in [3.05, 3.63) is 141 Å². The van der Waals surface area contributed by atoms with Gasteiger partial charge in [-0.3, -0.25) is 30.7 Å². The van der Waals surface area contributed by atoms with E-state index < -0.39 is 42.1 Å². The minimum Gasteiger partial charge on any atom is -0.480 e. The zero-order chi connectivity index (χ0) is 44.6. The summed E-state index contributed by atoms with van der Waals surface area (Å²) in [6.45, 7) is 17.2. The van der Waals surface area contributed by atoms with Crippen LogP contribution in [0.15, 0.2) is 95.7 Å². The number of carboxylic acids is 1. The van der Waals surface area contributed by atoms with Crippen LogP contribution < -0.4 is 32.8 Å². The molecule has 4 atom stereocenters. The highest BCUT2D eigenvalue weighted by Crippen LogP contribution is 2.37. The minimum atomic E-state index is -1.12. The highest BCUT2D eigenvalue weighted by atomic mass is 32.1. The molecule has 0 bridgehead atoms. The smallest absolute Gasteiger partial charge is 0.328 e. The predicted molar refractivity (Wildman–Crippen MR) is 232 cm³/mol. The lowest BCUT2D eigenvalue weighted by Gasteiger charge is -2.22. The van der Waals surface area contributed by atoms with Crippen LogP contribution >= 0.6 is 22.7 Å². The Balaban J connectivity index is 0.000000224. The Bertz CT molecular complexity index is 2700. The van der Waals surface area contributed by atoms with E-state index in [1.54, 1.807) is 48.5 Å². The average molecular weight is 857 g/mol. The number of nitrogens with two attached hydrogens (primary N) is 1. The van der Waals surface area contributed by atoms with Gasteiger partial charge >= 0.3 is 5.97 Å². The number of amides is 3. The van der Waals surface area contributed by atoms with E-state index in [1.165, 1.54) is 60.8 Å². The molecule has 0 radical (unpaired) electrons. The van der Waals surface area contributed by atoms with Gasteiger partial charge in [0.25, 0.3) is 17.7 Å². The second-order valence-electron chi connectivity index (χ2n) is 12.7. The van der Waals surface area contributed by atoms with Crippen LogP contribution in [0, 0.1) is 35.8 Å². The fourth-order valence-electron chi connectivity index (χ4n) is 5.40. The fraction of sp³-hybridized carbons (Fsp3) is 0.143. The Morgan fingerprint density at radius 1 is 0.656 bits per heavy atom. The summed E-state index contributed by atoms with van der Waals surface area (Å²) in [5.41, 5.74) is 10.5. The summed E-state index contributed by atoms with van der Waals surface area (Å²) < 4.78 is 1.60. The van der Waals surface area contributed by atoms with Gasteiger partial charge in [-0.15, -0.1) is 0 Å². The van der Waals surface area contributed by atoms with Crippen molar-refractivity contribution in [2.45, 2.75) is 38.1 Å². The van der Waals surface area contributed by atoms with Gasteiger partial charge in [0.2, 0.25) is 11.4 Å². The third-order valence-electron chi connectivity index (χ3n) is 8.55. The summed E-state index contributed by atoms with van der Waals surface area (Å²) in [5.74, 6) is 2.24.